The van der Waals surface area contributed by atoms with E-state index in [9.17, 15) is 9.18 Å². The Kier molecular flexibility index (Phi) is 6.42. The van der Waals surface area contributed by atoms with Crippen molar-refractivity contribution in [1.82, 2.24) is 15.1 Å². The maximum Gasteiger partial charge on any atom is 0.323 e. The molecule has 2 N–H and O–H groups in total. The van der Waals surface area contributed by atoms with E-state index in [2.05, 4.69) is 15.5 Å². The predicted octanol–water partition coefficient (Wildman–Crippen LogP) is 2.50. The molecule has 0 bridgehead atoms. The fraction of sp³-hybridized carbons (Fsp3) is 0.400. The van der Waals surface area contributed by atoms with Crippen molar-refractivity contribution in [2.45, 2.75) is 19.8 Å². The van der Waals surface area contributed by atoms with Crippen molar-refractivity contribution >= 4 is 22.5 Å². The third-order valence-corrected chi connectivity index (χ3v) is 3.97. The van der Waals surface area contributed by atoms with Gasteiger partial charge in [0.1, 0.15) is 10.8 Å². The zero-order chi connectivity index (χ0) is 16.7. The Morgan fingerprint density at radius 1 is 1.35 bits per heavy atom. The van der Waals surface area contributed by atoms with Gasteiger partial charge in [-0.05, 0) is 18.1 Å². The number of halogens is 1. The number of aromatic nitrogens is 2. The lowest BCUT2D eigenvalue weighted by atomic mass is 10.1. The standard InChI is InChI=1S/C15H19FN4O2S/c1-2-7-20(8-9-21)15(22)17-14-19-18-13(23-14)10-11-5-3-4-6-12(11)16/h3-6,21H,2,7-10H2,1H3,(H,17,19,22). The van der Waals surface area contributed by atoms with Crippen molar-refractivity contribution < 1.29 is 14.3 Å². The van der Waals surface area contributed by atoms with Gasteiger partial charge in [-0.2, -0.15) is 0 Å². The zero-order valence-corrected chi connectivity index (χ0v) is 13.6. The third kappa shape index (κ3) is 4.97. The van der Waals surface area contributed by atoms with Crippen LogP contribution in [0.4, 0.5) is 14.3 Å². The number of nitrogens with one attached hydrogen (secondary N) is 1. The summed E-state index contributed by atoms with van der Waals surface area (Å²) in [5.41, 5.74) is 0.536. The van der Waals surface area contributed by atoms with Gasteiger partial charge in [0, 0.05) is 19.5 Å². The van der Waals surface area contributed by atoms with Gasteiger partial charge >= 0.3 is 6.03 Å². The molecule has 0 aliphatic heterocycles. The number of rotatable bonds is 7. The SMILES string of the molecule is CCCN(CCO)C(=O)Nc1nnc(Cc2ccccc2F)s1. The number of benzene rings is 1. The van der Waals surface area contributed by atoms with Gasteiger partial charge in [0.25, 0.3) is 0 Å². The molecular formula is C15H19FN4O2S. The first-order chi connectivity index (χ1) is 11.1. The van der Waals surface area contributed by atoms with E-state index in [-0.39, 0.29) is 25.0 Å². The monoisotopic (exact) mass is 338 g/mol. The lowest BCUT2D eigenvalue weighted by Crippen LogP contribution is -2.37. The molecule has 0 saturated heterocycles. The molecule has 8 heteroatoms. The summed E-state index contributed by atoms with van der Waals surface area (Å²) in [7, 11) is 0. The average Bonchev–Trinajstić information content (AvgIpc) is 2.96. The van der Waals surface area contributed by atoms with Crippen LogP contribution >= 0.6 is 11.3 Å². The van der Waals surface area contributed by atoms with Gasteiger partial charge < -0.3 is 10.0 Å². The minimum Gasteiger partial charge on any atom is -0.395 e. The third-order valence-electron chi connectivity index (χ3n) is 3.13. The second kappa shape index (κ2) is 8.54. The average molecular weight is 338 g/mol. The molecule has 0 aliphatic rings. The highest BCUT2D eigenvalue weighted by Crippen LogP contribution is 2.20. The highest BCUT2D eigenvalue weighted by Gasteiger charge is 2.15. The largest absolute Gasteiger partial charge is 0.395 e. The van der Waals surface area contributed by atoms with Crippen LogP contribution in [0.15, 0.2) is 24.3 Å². The van der Waals surface area contributed by atoms with Gasteiger partial charge in [0.15, 0.2) is 0 Å². The van der Waals surface area contributed by atoms with E-state index < -0.39 is 0 Å². The number of hydrogen-bond acceptors (Lipinski definition) is 5. The summed E-state index contributed by atoms with van der Waals surface area (Å²) >= 11 is 1.21. The first-order valence-corrected chi connectivity index (χ1v) is 8.18. The van der Waals surface area contributed by atoms with Crippen molar-refractivity contribution in [2.75, 3.05) is 25.0 Å². The van der Waals surface area contributed by atoms with Crippen LogP contribution in [0.3, 0.4) is 0 Å². The summed E-state index contributed by atoms with van der Waals surface area (Å²) < 4.78 is 13.6. The maximum atomic E-state index is 13.6. The molecule has 2 amide bonds. The van der Waals surface area contributed by atoms with Crippen molar-refractivity contribution in [2.24, 2.45) is 0 Å². The Balaban J connectivity index is 1.99. The Morgan fingerprint density at radius 3 is 2.83 bits per heavy atom. The first kappa shape index (κ1) is 17.3. The van der Waals surface area contributed by atoms with Crippen LogP contribution < -0.4 is 5.32 Å². The minimum atomic E-state index is -0.325. The van der Waals surface area contributed by atoms with Gasteiger partial charge in [-0.3, -0.25) is 5.32 Å². The normalized spacial score (nSPS) is 10.6. The topological polar surface area (TPSA) is 78.4 Å². The number of amides is 2. The van der Waals surface area contributed by atoms with Crippen molar-refractivity contribution in [3.8, 4) is 0 Å². The molecule has 6 nitrogen and oxygen atoms in total. The molecular weight excluding hydrogens is 319 g/mol. The van der Waals surface area contributed by atoms with Crippen LogP contribution in [0.1, 0.15) is 23.9 Å². The van der Waals surface area contributed by atoms with E-state index >= 15 is 0 Å². The molecule has 0 atom stereocenters. The van der Waals surface area contributed by atoms with Gasteiger partial charge in [0.05, 0.1) is 6.61 Å². The van der Waals surface area contributed by atoms with Gasteiger partial charge in [0.2, 0.25) is 5.13 Å². The lowest BCUT2D eigenvalue weighted by Gasteiger charge is -2.20. The maximum absolute atomic E-state index is 13.6. The number of nitrogens with zero attached hydrogens (tertiary/aromatic N) is 3. The van der Waals surface area contributed by atoms with Crippen molar-refractivity contribution in [1.29, 1.82) is 0 Å². The van der Waals surface area contributed by atoms with Crippen LogP contribution in [0.5, 0.6) is 0 Å². The lowest BCUT2D eigenvalue weighted by molar-refractivity contribution is 0.188. The summed E-state index contributed by atoms with van der Waals surface area (Å²) in [5.74, 6) is -0.287. The van der Waals surface area contributed by atoms with E-state index in [1.807, 2.05) is 6.92 Å². The highest BCUT2D eigenvalue weighted by molar-refractivity contribution is 7.15. The van der Waals surface area contributed by atoms with Crippen LogP contribution in [-0.2, 0) is 6.42 Å². The zero-order valence-electron chi connectivity index (χ0n) is 12.8. The number of anilines is 1. The summed E-state index contributed by atoms with van der Waals surface area (Å²) in [6, 6.07) is 6.17. The molecule has 2 aromatic rings. The van der Waals surface area contributed by atoms with Gasteiger partial charge in [-0.1, -0.05) is 36.5 Å². The number of carbonyl (C=O) groups is 1. The summed E-state index contributed by atoms with van der Waals surface area (Å²) in [6.45, 7) is 2.67. The second-order valence-electron chi connectivity index (χ2n) is 4.91. The number of aliphatic hydroxyl groups is 1. The van der Waals surface area contributed by atoms with Gasteiger partial charge in [-0.15, -0.1) is 10.2 Å². The number of hydrogen-bond donors (Lipinski definition) is 2. The summed E-state index contributed by atoms with van der Waals surface area (Å²) in [4.78, 5) is 13.6. The van der Waals surface area contributed by atoms with E-state index in [0.717, 1.165) is 6.42 Å². The number of carbonyl (C=O) groups excluding carboxylic acids is 1. The molecule has 1 heterocycles. The molecule has 0 radical (unpaired) electrons. The van der Waals surface area contributed by atoms with Crippen LogP contribution in [0.25, 0.3) is 0 Å². The summed E-state index contributed by atoms with van der Waals surface area (Å²) in [6.07, 6.45) is 1.12. The highest BCUT2D eigenvalue weighted by atomic mass is 32.1. The predicted molar refractivity (Wildman–Crippen MR) is 87.1 cm³/mol. The molecule has 124 valence electrons. The fourth-order valence-corrected chi connectivity index (χ4v) is 2.81. The molecule has 2 rings (SSSR count). The van der Waals surface area contributed by atoms with Crippen LogP contribution in [-0.4, -0.2) is 45.9 Å². The fourth-order valence-electron chi connectivity index (χ4n) is 2.06. The Bertz CT molecular complexity index is 644. The molecule has 0 saturated carbocycles. The van der Waals surface area contributed by atoms with Gasteiger partial charge in [-0.25, -0.2) is 9.18 Å². The van der Waals surface area contributed by atoms with E-state index in [1.54, 1.807) is 18.2 Å². The Morgan fingerprint density at radius 2 is 2.13 bits per heavy atom. The number of aliphatic hydroxyl groups excluding tert-OH is 1. The second-order valence-corrected chi connectivity index (χ2v) is 5.97. The molecule has 1 aromatic carbocycles. The van der Waals surface area contributed by atoms with Crippen LogP contribution in [0.2, 0.25) is 0 Å². The molecule has 0 fully saturated rings. The molecule has 0 aliphatic carbocycles. The van der Waals surface area contributed by atoms with E-state index in [0.29, 0.717) is 28.7 Å². The Labute approximate surface area is 138 Å². The Hall–Kier alpha value is -2.06. The minimum absolute atomic E-state index is 0.0952. The number of urea groups is 1. The molecule has 23 heavy (non-hydrogen) atoms. The molecule has 1 aromatic heterocycles. The molecule has 0 spiro atoms. The molecule has 0 unspecified atom stereocenters. The quantitative estimate of drug-likeness (QED) is 0.813. The van der Waals surface area contributed by atoms with E-state index in [1.165, 1.54) is 22.3 Å². The van der Waals surface area contributed by atoms with E-state index in [4.69, 9.17) is 5.11 Å². The van der Waals surface area contributed by atoms with Crippen molar-refractivity contribution in [3.63, 3.8) is 0 Å². The van der Waals surface area contributed by atoms with Crippen molar-refractivity contribution in [3.05, 3.63) is 40.7 Å². The smallest absolute Gasteiger partial charge is 0.323 e. The summed E-state index contributed by atoms with van der Waals surface area (Å²) in [5, 5.41) is 20.5. The van der Waals surface area contributed by atoms with Crippen LogP contribution in [0, 0.1) is 5.82 Å². The first-order valence-electron chi connectivity index (χ1n) is 7.36.